The monoisotopic (exact) mass is 395 g/mol. The van der Waals surface area contributed by atoms with Crippen LogP contribution in [0.1, 0.15) is 16.8 Å². The second kappa shape index (κ2) is 7.12. The molecule has 126 valence electrons. The van der Waals surface area contributed by atoms with Gasteiger partial charge in [-0.2, -0.15) is 0 Å². The molecule has 0 aliphatic carbocycles. The lowest BCUT2D eigenvalue weighted by Gasteiger charge is -2.17. The number of carbonyl (C=O) groups is 1. The summed E-state index contributed by atoms with van der Waals surface area (Å²) in [7, 11) is 1.38. The van der Waals surface area contributed by atoms with Crippen LogP contribution in [-0.4, -0.2) is 47.1 Å². The van der Waals surface area contributed by atoms with Crippen molar-refractivity contribution in [2.75, 3.05) is 20.2 Å². The van der Waals surface area contributed by atoms with E-state index in [2.05, 4.69) is 25.9 Å². The Kier molecular flexibility index (Phi) is 4.94. The molecule has 1 aromatic heterocycles. The molecule has 1 saturated heterocycles. The Morgan fingerprint density at radius 3 is 2.79 bits per heavy atom. The Hall–Kier alpha value is -2.22. The number of amides is 1. The van der Waals surface area contributed by atoms with Crippen LogP contribution in [0.3, 0.4) is 0 Å². The molecule has 0 unspecified atom stereocenters. The summed E-state index contributed by atoms with van der Waals surface area (Å²) < 4.78 is 25.1. The highest BCUT2D eigenvalue weighted by Crippen LogP contribution is 2.21. The number of benzene rings is 1. The van der Waals surface area contributed by atoms with Gasteiger partial charge in [-0.05, 0) is 34.1 Å². The number of halogens is 2. The lowest BCUT2D eigenvalue weighted by Crippen LogP contribution is -2.31. The summed E-state index contributed by atoms with van der Waals surface area (Å²) in [5.74, 6) is -0.681. The maximum Gasteiger partial charge on any atom is 0.316 e. The van der Waals surface area contributed by atoms with Crippen LogP contribution in [0.5, 0.6) is 11.8 Å². The molecule has 8 heteroatoms. The zero-order valence-corrected chi connectivity index (χ0v) is 14.5. The minimum atomic E-state index is -0.557. The van der Waals surface area contributed by atoms with Crippen molar-refractivity contribution in [2.24, 2.45) is 0 Å². The van der Waals surface area contributed by atoms with Crippen LogP contribution < -0.4 is 9.47 Å². The molecule has 2 heterocycles. The van der Waals surface area contributed by atoms with Crippen molar-refractivity contribution in [3.8, 4) is 11.8 Å². The van der Waals surface area contributed by atoms with Gasteiger partial charge in [-0.3, -0.25) is 4.79 Å². The van der Waals surface area contributed by atoms with Crippen molar-refractivity contribution >= 4 is 21.8 Å². The number of likely N-dealkylation sites (tertiary alicyclic amines) is 1. The fourth-order valence-electron chi connectivity index (χ4n) is 2.50. The van der Waals surface area contributed by atoms with Crippen LogP contribution >= 0.6 is 15.9 Å². The van der Waals surface area contributed by atoms with Gasteiger partial charge in [-0.25, -0.2) is 14.4 Å². The maximum atomic E-state index is 13.8. The zero-order valence-electron chi connectivity index (χ0n) is 12.9. The first-order valence-electron chi connectivity index (χ1n) is 7.34. The molecular weight excluding hydrogens is 381 g/mol. The number of carbonyl (C=O) groups excluding carboxylic acids is 1. The van der Waals surface area contributed by atoms with Crippen LogP contribution in [0, 0.1) is 5.82 Å². The van der Waals surface area contributed by atoms with Crippen LogP contribution in [0.15, 0.2) is 35.1 Å². The van der Waals surface area contributed by atoms with Crippen molar-refractivity contribution in [2.45, 2.75) is 12.5 Å². The minimum absolute atomic E-state index is 0.113. The third-order valence-electron chi connectivity index (χ3n) is 3.70. The number of methoxy groups -OCH3 is 1. The highest BCUT2D eigenvalue weighted by atomic mass is 79.9. The van der Waals surface area contributed by atoms with E-state index in [1.165, 1.54) is 19.2 Å². The Morgan fingerprint density at radius 1 is 1.38 bits per heavy atom. The number of hydrogen-bond donors (Lipinski definition) is 0. The fraction of sp³-hybridized carbons (Fsp3) is 0.312. The van der Waals surface area contributed by atoms with Gasteiger partial charge in [-0.1, -0.05) is 0 Å². The average Bonchev–Trinajstić information content (AvgIpc) is 3.04. The number of ether oxygens (including phenoxy) is 2. The van der Waals surface area contributed by atoms with Crippen molar-refractivity contribution in [3.63, 3.8) is 0 Å². The van der Waals surface area contributed by atoms with Crippen LogP contribution in [0.2, 0.25) is 0 Å². The standard InChI is InChI=1S/C16H15BrFN3O3/c1-23-14-3-2-10(6-13(14)18)15(22)21-5-4-12(9-21)24-16-19-7-11(17)8-20-16/h2-3,6-8,12H,4-5,9H2,1H3/t12-/m0/s1. The molecule has 0 radical (unpaired) electrons. The summed E-state index contributed by atoms with van der Waals surface area (Å²) in [5, 5.41) is 0. The maximum absolute atomic E-state index is 13.8. The summed E-state index contributed by atoms with van der Waals surface area (Å²) in [6, 6.07) is 4.46. The van der Waals surface area contributed by atoms with Gasteiger partial charge in [0, 0.05) is 30.9 Å². The van der Waals surface area contributed by atoms with Gasteiger partial charge in [0.25, 0.3) is 5.91 Å². The largest absolute Gasteiger partial charge is 0.494 e. The fourth-order valence-corrected chi connectivity index (χ4v) is 2.71. The first-order valence-corrected chi connectivity index (χ1v) is 8.13. The van der Waals surface area contributed by atoms with E-state index in [9.17, 15) is 9.18 Å². The third-order valence-corrected chi connectivity index (χ3v) is 4.11. The number of hydrogen-bond acceptors (Lipinski definition) is 5. The van der Waals surface area contributed by atoms with E-state index in [1.54, 1.807) is 23.4 Å². The van der Waals surface area contributed by atoms with E-state index in [0.29, 0.717) is 19.5 Å². The van der Waals surface area contributed by atoms with E-state index in [1.807, 2.05) is 0 Å². The van der Waals surface area contributed by atoms with E-state index in [-0.39, 0.29) is 29.3 Å². The first-order chi connectivity index (χ1) is 11.6. The Balaban J connectivity index is 1.63. The number of nitrogens with zero attached hydrogens (tertiary/aromatic N) is 3. The predicted molar refractivity (Wildman–Crippen MR) is 87.6 cm³/mol. The van der Waals surface area contributed by atoms with Crippen molar-refractivity contribution in [1.82, 2.24) is 14.9 Å². The third kappa shape index (κ3) is 3.64. The summed E-state index contributed by atoms with van der Waals surface area (Å²) in [6.45, 7) is 0.944. The Labute approximate surface area is 146 Å². The normalized spacial score (nSPS) is 17.0. The molecule has 0 saturated carbocycles. The van der Waals surface area contributed by atoms with Crippen LogP contribution in [0.4, 0.5) is 4.39 Å². The van der Waals surface area contributed by atoms with Gasteiger partial charge in [0.15, 0.2) is 11.6 Å². The number of rotatable bonds is 4. The summed E-state index contributed by atoms with van der Waals surface area (Å²) in [6.07, 6.45) is 3.68. The van der Waals surface area contributed by atoms with Gasteiger partial charge in [-0.15, -0.1) is 0 Å². The Morgan fingerprint density at radius 2 is 2.12 bits per heavy atom. The molecule has 0 spiro atoms. The average molecular weight is 396 g/mol. The molecule has 0 N–H and O–H groups in total. The zero-order chi connectivity index (χ0) is 17.1. The van der Waals surface area contributed by atoms with E-state index >= 15 is 0 Å². The van der Waals surface area contributed by atoms with Gasteiger partial charge in [0.05, 0.1) is 18.1 Å². The van der Waals surface area contributed by atoms with Crippen LogP contribution in [0.25, 0.3) is 0 Å². The van der Waals surface area contributed by atoms with Crippen molar-refractivity contribution in [3.05, 3.63) is 46.4 Å². The second-order valence-corrected chi connectivity index (χ2v) is 6.23. The van der Waals surface area contributed by atoms with Gasteiger partial charge >= 0.3 is 6.01 Å². The molecule has 6 nitrogen and oxygen atoms in total. The molecule has 1 fully saturated rings. The first kappa shape index (κ1) is 16.6. The smallest absolute Gasteiger partial charge is 0.316 e. The van der Waals surface area contributed by atoms with Gasteiger partial charge in [0.2, 0.25) is 0 Å². The molecular formula is C16H15BrFN3O3. The van der Waals surface area contributed by atoms with E-state index in [0.717, 1.165) is 4.47 Å². The predicted octanol–water partition coefficient (Wildman–Crippen LogP) is 2.68. The molecule has 1 aliphatic rings. The van der Waals surface area contributed by atoms with Crippen molar-refractivity contribution in [1.29, 1.82) is 0 Å². The number of aromatic nitrogens is 2. The van der Waals surface area contributed by atoms with Gasteiger partial charge in [0.1, 0.15) is 6.10 Å². The summed E-state index contributed by atoms with van der Waals surface area (Å²) >= 11 is 3.26. The topological polar surface area (TPSA) is 64.5 Å². The minimum Gasteiger partial charge on any atom is -0.494 e. The lowest BCUT2D eigenvalue weighted by atomic mass is 10.2. The molecule has 3 rings (SSSR count). The van der Waals surface area contributed by atoms with E-state index < -0.39 is 5.82 Å². The SMILES string of the molecule is COc1ccc(C(=O)N2CC[C@H](Oc3ncc(Br)cn3)C2)cc1F. The highest BCUT2D eigenvalue weighted by molar-refractivity contribution is 9.10. The molecule has 1 amide bonds. The lowest BCUT2D eigenvalue weighted by molar-refractivity contribution is 0.0769. The van der Waals surface area contributed by atoms with Crippen molar-refractivity contribution < 1.29 is 18.7 Å². The molecule has 24 heavy (non-hydrogen) atoms. The molecule has 1 aromatic carbocycles. The van der Waals surface area contributed by atoms with Gasteiger partial charge < -0.3 is 14.4 Å². The molecule has 2 aromatic rings. The molecule has 1 atom stereocenters. The molecule has 1 aliphatic heterocycles. The molecule has 0 bridgehead atoms. The summed E-state index contributed by atoms with van der Waals surface area (Å²) in [4.78, 5) is 22.2. The quantitative estimate of drug-likeness (QED) is 0.795. The second-order valence-electron chi connectivity index (χ2n) is 5.31. The van der Waals surface area contributed by atoms with Crippen LogP contribution in [-0.2, 0) is 0 Å². The van der Waals surface area contributed by atoms with E-state index in [4.69, 9.17) is 9.47 Å². The Bertz CT molecular complexity index is 742. The summed E-state index contributed by atoms with van der Waals surface area (Å²) in [5.41, 5.74) is 0.286. The highest BCUT2D eigenvalue weighted by Gasteiger charge is 2.29.